The normalized spacial score (nSPS) is 24.6. The third-order valence-electron chi connectivity index (χ3n) is 3.01. The second-order valence-electron chi connectivity index (χ2n) is 4.57. The molecule has 1 aliphatic rings. The van der Waals surface area contributed by atoms with Crippen LogP contribution in [0.5, 0.6) is 0 Å². The van der Waals surface area contributed by atoms with Gasteiger partial charge in [-0.05, 0) is 11.5 Å². The van der Waals surface area contributed by atoms with Gasteiger partial charge in [-0.3, -0.25) is 4.79 Å². The number of hydrogen-bond donors (Lipinski definition) is 1. The third kappa shape index (κ3) is 2.16. The molecule has 0 radical (unpaired) electrons. The summed E-state index contributed by atoms with van der Waals surface area (Å²) in [7, 11) is 0. The molecular weight excluding hydrogens is 198 g/mol. The minimum atomic E-state index is 0.139. The van der Waals surface area contributed by atoms with Crippen LogP contribution in [-0.4, -0.2) is 11.9 Å². The summed E-state index contributed by atoms with van der Waals surface area (Å²) in [6.45, 7) is 4.18. The Morgan fingerprint density at radius 2 is 1.94 bits per heavy atom. The molecule has 2 heteroatoms. The summed E-state index contributed by atoms with van der Waals surface area (Å²) >= 11 is 0. The molecule has 1 N–H and O–H groups in total. The van der Waals surface area contributed by atoms with E-state index in [9.17, 15) is 4.79 Å². The Balaban J connectivity index is 2.01. The van der Waals surface area contributed by atoms with E-state index >= 15 is 0 Å². The fourth-order valence-electron chi connectivity index (χ4n) is 2.08. The number of nitrogens with one attached hydrogen (secondary N) is 1. The van der Waals surface area contributed by atoms with Crippen molar-refractivity contribution >= 4 is 12.0 Å². The summed E-state index contributed by atoms with van der Waals surface area (Å²) in [6.07, 6.45) is 4.15. The van der Waals surface area contributed by atoms with Gasteiger partial charge < -0.3 is 5.32 Å². The summed E-state index contributed by atoms with van der Waals surface area (Å²) in [5.41, 5.74) is 1.17. The van der Waals surface area contributed by atoms with Gasteiger partial charge in [-0.15, -0.1) is 0 Å². The summed E-state index contributed by atoms with van der Waals surface area (Å²) in [6, 6.07) is 10.3. The Kier molecular flexibility index (Phi) is 3.09. The first kappa shape index (κ1) is 10.9. The number of carbonyl (C=O) groups is 1. The quantitative estimate of drug-likeness (QED) is 0.771. The second kappa shape index (κ2) is 4.52. The minimum absolute atomic E-state index is 0.139. The smallest absolute Gasteiger partial charge is 0.226 e. The van der Waals surface area contributed by atoms with Crippen LogP contribution < -0.4 is 5.32 Å². The zero-order valence-electron chi connectivity index (χ0n) is 9.68. The number of hydrogen-bond acceptors (Lipinski definition) is 1. The molecule has 84 valence electrons. The van der Waals surface area contributed by atoms with Crippen molar-refractivity contribution in [2.24, 2.45) is 11.8 Å². The van der Waals surface area contributed by atoms with E-state index in [0.717, 1.165) is 0 Å². The highest BCUT2D eigenvalue weighted by Gasteiger charge is 2.39. The summed E-state index contributed by atoms with van der Waals surface area (Å²) in [4.78, 5) is 11.3. The van der Waals surface area contributed by atoms with Crippen LogP contribution in [0.4, 0.5) is 0 Å². The Hall–Kier alpha value is -1.57. The van der Waals surface area contributed by atoms with Gasteiger partial charge in [-0.2, -0.15) is 0 Å². The number of amides is 1. The zero-order chi connectivity index (χ0) is 11.5. The van der Waals surface area contributed by atoms with Crippen LogP contribution in [0.15, 0.2) is 36.4 Å². The third-order valence-corrected chi connectivity index (χ3v) is 3.01. The number of carbonyl (C=O) groups excluding carboxylic acids is 1. The van der Waals surface area contributed by atoms with E-state index in [-0.39, 0.29) is 17.9 Å². The van der Waals surface area contributed by atoms with E-state index in [2.05, 4.69) is 43.4 Å². The number of benzene rings is 1. The largest absolute Gasteiger partial charge is 0.349 e. The first-order valence-electron chi connectivity index (χ1n) is 5.72. The van der Waals surface area contributed by atoms with Gasteiger partial charge in [-0.1, -0.05) is 56.3 Å². The maximum atomic E-state index is 11.3. The van der Waals surface area contributed by atoms with Crippen LogP contribution in [-0.2, 0) is 4.79 Å². The van der Waals surface area contributed by atoms with Crippen molar-refractivity contribution in [3.8, 4) is 0 Å². The van der Waals surface area contributed by atoms with Gasteiger partial charge in [0.15, 0.2) is 0 Å². The van der Waals surface area contributed by atoms with Gasteiger partial charge in [-0.25, -0.2) is 0 Å². The van der Waals surface area contributed by atoms with Crippen LogP contribution >= 0.6 is 0 Å². The van der Waals surface area contributed by atoms with E-state index in [1.807, 2.05) is 18.2 Å². The van der Waals surface area contributed by atoms with Crippen LogP contribution in [0.2, 0.25) is 0 Å². The molecule has 1 aromatic carbocycles. The van der Waals surface area contributed by atoms with Crippen LogP contribution in [0.3, 0.4) is 0 Å². The lowest BCUT2D eigenvalue weighted by atomic mass is 9.81. The molecule has 0 saturated carbocycles. The van der Waals surface area contributed by atoms with Gasteiger partial charge >= 0.3 is 0 Å². The van der Waals surface area contributed by atoms with E-state index in [1.54, 1.807) is 0 Å². The average Bonchev–Trinajstić information content (AvgIpc) is 2.24. The summed E-state index contributed by atoms with van der Waals surface area (Å²) < 4.78 is 0. The summed E-state index contributed by atoms with van der Waals surface area (Å²) in [5, 5.41) is 2.92. The van der Waals surface area contributed by atoms with Gasteiger partial charge in [0.2, 0.25) is 5.91 Å². The first-order valence-corrected chi connectivity index (χ1v) is 5.72. The van der Waals surface area contributed by atoms with Gasteiger partial charge in [0.05, 0.1) is 12.0 Å². The molecule has 0 bridgehead atoms. The van der Waals surface area contributed by atoms with Crippen LogP contribution in [0, 0.1) is 11.8 Å². The molecule has 0 spiro atoms. The highest BCUT2D eigenvalue weighted by molar-refractivity contribution is 5.87. The number of rotatable bonds is 3. The lowest BCUT2D eigenvalue weighted by molar-refractivity contribution is -0.135. The van der Waals surface area contributed by atoms with Gasteiger partial charge in [0.25, 0.3) is 0 Å². The molecule has 1 heterocycles. The molecule has 1 amide bonds. The maximum Gasteiger partial charge on any atom is 0.226 e. The number of β-lactam (4-membered cyclic amide) rings is 1. The highest BCUT2D eigenvalue weighted by Crippen LogP contribution is 2.25. The van der Waals surface area contributed by atoms with Crippen LogP contribution in [0.25, 0.3) is 6.08 Å². The second-order valence-corrected chi connectivity index (χ2v) is 4.57. The molecule has 1 fully saturated rings. The molecule has 2 nitrogen and oxygen atoms in total. The topological polar surface area (TPSA) is 29.1 Å². The average molecular weight is 215 g/mol. The molecule has 16 heavy (non-hydrogen) atoms. The molecule has 0 aromatic heterocycles. The molecule has 0 aliphatic carbocycles. The van der Waals surface area contributed by atoms with Crippen molar-refractivity contribution in [1.29, 1.82) is 0 Å². The lowest BCUT2D eigenvalue weighted by Crippen LogP contribution is -2.58. The Morgan fingerprint density at radius 3 is 2.50 bits per heavy atom. The molecule has 2 rings (SSSR count). The Labute approximate surface area is 96.4 Å². The van der Waals surface area contributed by atoms with Gasteiger partial charge in [0, 0.05) is 0 Å². The van der Waals surface area contributed by atoms with E-state index in [0.29, 0.717) is 5.92 Å². The van der Waals surface area contributed by atoms with Gasteiger partial charge in [0.1, 0.15) is 0 Å². The molecular formula is C14H17NO. The Morgan fingerprint density at radius 1 is 1.25 bits per heavy atom. The lowest BCUT2D eigenvalue weighted by Gasteiger charge is -2.37. The molecule has 1 saturated heterocycles. The van der Waals surface area contributed by atoms with Crippen molar-refractivity contribution < 1.29 is 4.79 Å². The predicted octanol–water partition coefficient (Wildman–Crippen LogP) is 2.47. The van der Waals surface area contributed by atoms with Crippen molar-refractivity contribution in [2.45, 2.75) is 19.9 Å². The van der Waals surface area contributed by atoms with Crippen LogP contribution in [0.1, 0.15) is 19.4 Å². The van der Waals surface area contributed by atoms with E-state index < -0.39 is 0 Å². The maximum absolute atomic E-state index is 11.3. The SMILES string of the molecule is CC(C)[C@H]1C(=O)N[C@@H]1C=Cc1ccccc1. The predicted molar refractivity (Wildman–Crippen MR) is 65.7 cm³/mol. The Bertz CT molecular complexity index is 394. The van der Waals surface area contributed by atoms with E-state index in [1.165, 1.54) is 5.56 Å². The fourth-order valence-corrected chi connectivity index (χ4v) is 2.08. The molecule has 1 aromatic rings. The summed E-state index contributed by atoms with van der Waals surface area (Å²) in [5.74, 6) is 0.719. The minimum Gasteiger partial charge on any atom is -0.349 e. The molecule has 2 atom stereocenters. The van der Waals surface area contributed by atoms with Crippen molar-refractivity contribution in [3.05, 3.63) is 42.0 Å². The first-order chi connectivity index (χ1) is 7.68. The van der Waals surface area contributed by atoms with Crippen molar-refractivity contribution in [2.75, 3.05) is 0 Å². The van der Waals surface area contributed by atoms with E-state index in [4.69, 9.17) is 0 Å². The zero-order valence-corrected chi connectivity index (χ0v) is 9.68. The highest BCUT2D eigenvalue weighted by atomic mass is 16.2. The molecule has 0 unspecified atom stereocenters. The monoisotopic (exact) mass is 215 g/mol. The fraction of sp³-hybridized carbons (Fsp3) is 0.357. The van der Waals surface area contributed by atoms with Crippen molar-refractivity contribution in [3.63, 3.8) is 0 Å². The van der Waals surface area contributed by atoms with Crippen molar-refractivity contribution in [1.82, 2.24) is 5.32 Å². The standard InChI is InChI=1S/C14H17NO/c1-10(2)13-12(15-14(13)16)9-8-11-6-4-3-5-7-11/h3-10,12-13H,1-2H3,(H,15,16)/t12-,13-/m1/s1. The molecule has 1 aliphatic heterocycles.